The Kier molecular flexibility index (Phi) is 4.28. The number of pyridine rings is 1. The van der Waals surface area contributed by atoms with Crippen molar-refractivity contribution in [2.24, 2.45) is 0 Å². The van der Waals surface area contributed by atoms with E-state index in [-0.39, 0.29) is 5.91 Å². The highest BCUT2D eigenvalue weighted by atomic mass is 16.5. The van der Waals surface area contributed by atoms with Crippen molar-refractivity contribution in [3.8, 4) is 5.75 Å². The molecule has 0 aliphatic carbocycles. The van der Waals surface area contributed by atoms with Gasteiger partial charge in [0, 0.05) is 24.6 Å². The van der Waals surface area contributed by atoms with Crippen molar-refractivity contribution < 1.29 is 9.53 Å². The van der Waals surface area contributed by atoms with Crippen LogP contribution in [0.5, 0.6) is 5.75 Å². The van der Waals surface area contributed by atoms with Gasteiger partial charge in [-0.2, -0.15) is 0 Å². The molecule has 0 saturated carbocycles. The third-order valence-corrected chi connectivity index (χ3v) is 3.69. The minimum Gasteiger partial charge on any atom is -0.449 e. The van der Waals surface area contributed by atoms with Crippen molar-refractivity contribution in [2.75, 3.05) is 17.2 Å². The minimum atomic E-state index is -0.145. The molecule has 23 heavy (non-hydrogen) atoms. The fourth-order valence-electron chi connectivity index (χ4n) is 2.48. The number of carbonyl (C=O) groups is 1. The highest BCUT2D eigenvalue weighted by Crippen LogP contribution is 2.37. The first kappa shape index (κ1) is 15.1. The summed E-state index contributed by atoms with van der Waals surface area (Å²) in [5, 5.41) is 0. The summed E-state index contributed by atoms with van der Waals surface area (Å²) in [6.07, 6.45) is 7.03. The number of nitrogens with two attached hydrogens (primary N) is 1. The van der Waals surface area contributed by atoms with E-state index >= 15 is 0 Å². The summed E-state index contributed by atoms with van der Waals surface area (Å²) in [6.45, 7) is 2.74. The predicted octanol–water partition coefficient (Wildman–Crippen LogP) is 3.23. The first-order valence-corrected chi connectivity index (χ1v) is 7.70. The lowest BCUT2D eigenvalue weighted by atomic mass is 10.1. The van der Waals surface area contributed by atoms with Crippen molar-refractivity contribution in [3.63, 3.8) is 0 Å². The number of hydrogen-bond acceptors (Lipinski definition) is 4. The van der Waals surface area contributed by atoms with E-state index in [0.29, 0.717) is 23.7 Å². The van der Waals surface area contributed by atoms with E-state index in [0.717, 1.165) is 24.1 Å². The molecule has 1 aromatic carbocycles. The van der Waals surface area contributed by atoms with Crippen molar-refractivity contribution in [2.45, 2.75) is 19.8 Å². The number of unbranched alkanes of at least 4 members (excludes halogenated alkanes) is 1. The number of nitrogens with zero attached hydrogens (tertiary/aromatic N) is 2. The second kappa shape index (κ2) is 6.52. The number of anilines is 2. The van der Waals surface area contributed by atoms with Gasteiger partial charge in [-0.25, -0.2) is 0 Å². The molecule has 2 aromatic rings. The average Bonchev–Trinajstić information content (AvgIpc) is 2.56. The molecular formula is C18H19N3O2. The number of rotatable bonds is 4. The molecule has 0 saturated heterocycles. The zero-order valence-corrected chi connectivity index (χ0v) is 13.0. The van der Waals surface area contributed by atoms with E-state index in [1.165, 1.54) is 0 Å². The van der Waals surface area contributed by atoms with Crippen LogP contribution in [0, 0.1) is 0 Å². The molecule has 3 rings (SSSR count). The maximum atomic E-state index is 12.8. The number of fused-ring (bicyclic) bond motifs is 1. The van der Waals surface area contributed by atoms with E-state index in [9.17, 15) is 4.79 Å². The van der Waals surface area contributed by atoms with E-state index in [4.69, 9.17) is 10.5 Å². The number of benzene rings is 1. The molecule has 5 heteroatoms. The number of amides is 1. The van der Waals surface area contributed by atoms with Gasteiger partial charge in [-0.1, -0.05) is 13.3 Å². The van der Waals surface area contributed by atoms with Crippen LogP contribution in [0.25, 0.3) is 6.08 Å². The number of ether oxygens (including phenoxy) is 1. The van der Waals surface area contributed by atoms with Crippen molar-refractivity contribution >= 4 is 23.4 Å². The van der Waals surface area contributed by atoms with E-state index in [2.05, 4.69) is 11.9 Å². The van der Waals surface area contributed by atoms with E-state index in [1.807, 2.05) is 12.1 Å². The first-order valence-electron chi connectivity index (χ1n) is 7.70. The molecule has 1 aliphatic rings. The third kappa shape index (κ3) is 3.18. The summed E-state index contributed by atoms with van der Waals surface area (Å²) in [7, 11) is 0. The van der Waals surface area contributed by atoms with Gasteiger partial charge >= 0.3 is 0 Å². The molecule has 5 nitrogen and oxygen atoms in total. The molecule has 1 amide bonds. The zero-order valence-electron chi connectivity index (χ0n) is 13.0. The molecule has 2 N–H and O–H groups in total. The highest BCUT2D eigenvalue weighted by Gasteiger charge is 2.30. The summed E-state index contributed by atoms with van der Waals surface area (Å²) in [4.78, 5) is 18.5. The number of hydrogen-bond donors (Lipinski definition) is 1. The molecule has 0 bridgehead atoms. The lowest BCUT2D eigenvalue weighted by Gasteiger charge is -2.30. The molecule has 0 atom stereocenters. The lowest BCUT2D eigenvalue weighted by molar-refractivity contribution is -0.117. The van der Waals surface area contributed by atoms with Crippen LogP contribution in [0.3, 0.4) is 0 Å². The smallest absolute Gasteiger partial charge is 0.294 e. The molecule has 0 radical (unpaired) electrons. The Morgan fingerprint density at radius 1 is 1.26 bits per heavy atom. The first-order chi connectivity index (χ1) is 11.2. The van der Waals surface area contributed by atoms with Crippen LogP contribution in [0.1, 0.15) is 25.3 Å². The molecule has 0 fully saturated rings. The van der Waals surface area contributed by atoms with Gasteiger partial charge in [0.15, 0.2) is 11.5 Å². The van der Waals surface area contributed by atoms with Crippen LogP contribution in [0.15, 0.2) is 48.5 Å². The third-order valence-electron chi connectivity index (χ3n) is 3.69. The van der Waals surface area contributed by atoms with Crippen LogP contribution in [-0.4, -0.2) is 17.4 Å². The van der Waals surface area contributed by atoms with Gasteiger partial charge in [0.2, 0.25) is 0 Å². The van der Waals surface area contributed by atoms with Crippen molar-refractivity contribution in [1.29, 1.82) is 0 Å². The number of aromatic nitrogens is 1. The van der Waals surface area contributed by atoms with Gasteiger partial charge in [0.25, 0.3) is 5.91 Å². The van der Waals surface area contributed by atoms with Gasteiger partial charge < -0.3 is 15.4 Å². The number of nitrogen functional groups attached to an aromatic ring is 1. The van der Waals surface area contributed by atoms with Crippen LogP contribution < -0.4 is 15.4 Å². The second-order valence-corrected chi connectivity index (χ2v) is 5.43. The van der Waals surface area contributed by atoms with Crippen molar-refractivity contribution in [3.05, 3.63) is 54.0 Å². The van der Waals surface area contributed by atoms with Crippen LogP contribution in [-0.2, 0) is 4.79 Å². The molecule has 2 heterocycles. The second-order valence-electron chi connectivity index (χ2n) is 5.43. The molecule has 1 aromatic heterocycles. The fraction of sp³-hybridized carbons (Fsp3) is 0.222. The Hall–Kier alpha value is -2.82. The number of carbonyl (C=O) groups excluding carboxylic acids is 1. The Morgan fingerprint density at radius 2 is 2.04 bits per heavy atom. The van der Waals surface area contributed by atoms with Crippen LogP contribution >= 0.6 is 0 Å². The Balaban J connectivity index is 2.00. The molecule has 0 unspecified atom stereocenters. The SMILES string of the molecule is CCCCN1C(=O)/C(=C\c2ccncc2)Oc2ccc(N)cc21. The van der Waals surface area contributed by atoms with Crippen LogP contribution in [0.4, 0.5) is 11.4 Å². The summed E-state index contributed by atoms with van der Waals surface area (Å²) in [5.41, 5.74) is 8.08. The van der Waals surface area contributed by atoms with Gasteiger partial charge in [0.1, 0.15) is 0 Å². The highest BCUT2D eigenvalue weighted by molar-refractivity contribution is 6.10. The standard InChI is InChI=1S/C18H19N3O2/c1-2-3-10-21-15-12-14(19)4-5-16(15)23-17(18(21)22)11-13-6-8-20-9-7-13/h4-9,11-12H,2-3,10,19H2,1H3/b17-11+. The maximum Gasteiger partial charge on any atom is 0.294 e. The average molecular weight is 309 g/mol. The summed E-state index contributed by atoms with van der Waals surface area (Å²) in [6, 6.07) is 9.02. The maximum absolute atomic E-state index is 12.8. The van der Waals surface area contributed by atoms with Crippen LogP contribution in [0.2, 0.25) is 0 Å². The topological polar surface area (TPSA) is 68.5 Å². The summed E-state index contributed by atoms with van der Waals surface area (Å²) < 4.78 is 5.81. The summed E-state index contributed by atoms with van der Waals surface area (Å²) in [5.74, 6) is 0.813. The Bertz CT molecular complexity index is 741. The van der Waals surface area contributed by atoms with Gasteiger partial charge in [-0.15, -0.1) is 0 Å². The van der Waals surface area contributed by atoms with E-state index in [1.54, 1.807) is 41.6 Å². The molecule has 1 aliphatic heterocycles. The summed E-state index contributed by atoms with van der Waals surface area (Å²) >= 11 is 0. The molecule has 0 spiro atoms. The van der Waals surface area contributed by atoms with Gasteiger partial charge in [-0.3, -0.25) is 9.78 Å². The molecular weight excluding hydrogens is 290 g/mol. The molecule has 118 valence electrons. The predicted molar refractivity (Wildman–Crippen MR) is 91.0 cm³/mol. The monoisotopic (exact) mass is 309 g/mol. The minimum absolute atomic E-state index is 0.145. The van der Waals surface area contributed by atoms with Gasteiger partial charge in [0.05, 0.1) is 5.69 Å². The van der Waals surface area contributed by atoms with Gasteiger partial charge in [-0.05, 0) is 48.4 Å². The Labute approximate surface area is 135 Å². The zero-order chi connectivity index (χ0) is 16.2. The van der Waals surface area contributed by atoms with Crippen molar-refractivity contribution in [1.82, 2.24) is 4.98 Å². The lowest BCUT2D eigenvalue weighted by Crippen LogP contribution is -2.38. The Morgan fingerprint density at radius 3 is 2.78 bits per heavy atom. The fourth-order valence-corrected chi connectivity index (χ4v) is 2.48. The van der Waals surface area contributed by atoms with E-state index < -0.39 is 0 Å². The largest absolute Gasteiger partial charge is 0.449 e. The quantitative estimate of drug-likeness (QED) is 0.695. The normalized spacial score (nSPS) is 15.4.